The number of rotatable bonds is 3. The maximum atomic E-state index is 10.5. The third-order valence-corrected chi connectivity index (χ3v) is 2.08. The normalized spacial score (nSPS) is 10.0. The van der Waals surface area contributed by atoms with E-state index in [0.717, 1.165) is 17.7 Å². The van der Waals surface area contributed by atoms with E-state index < -0.39 is 5.97 Å². The lowest BCUT2D eigenvalue weighted by Gasteiger charge is -2.02. The Morgan fingerprint density at radius 1 is 1.62 bits per heavy atom. The number of nitrogens with zero attached hydrogens (tertiary/aromatic N) is 1. The zero-order valence-electron chi connectivity index (χ0n) is 7.95. The Kier molecular flexibility index (Phi) is 3.01. The predicted octanol–water partition coefficient (Wildman–Crippen LogP) is 0.701. The van der Waals surface area contributed by atoms with Crippen molar-refractivity contribution in [2.24, 2.45) is 7.05 Å². The van der Waals surface area contributed by atoms with Crippen molar-refractivity contribution in [3.63, 3.8) is 0 Å². The summed E-state index contributed by atoms with van der Waals surface area (Å²) >= 11 is 0. The Bertz CT molecular complexity index is 321. The number of aliphatic carboxylic acids is 1. The van der Waals surface area contributed by atoms with E-state index in [1.54, 1.807) is 0 Å². The standard InChI is InChI=1S/C10H13NO2/c1-3-9-8(7-10(12)13)5-4-6-11(9)2/h4-6H,3,7H2,1-2H3/p+1. The first kappa shape index (κ1) is 9.71. The quantitative estimate of drug-likeness (QED) is 0.696. The van der Waals surface area contributed by atoms with Crippen molar-refractivity contribution in [2.75, 3.05) is 0 Å². The lowest BCUT2D eigenvalue weighted by Crippen LogP contribution is -2.34. The maximum Gasteiger partial charge on any atom is 0.308 e. The van der Waals surface area contributed by atoms with Crippen LogP contribution in [0.4, 0.5) is 0 Å². The van der Waals surface area contributed by atoms with Crippen LogP contribution < -0.4 is 4.57 Å². The van der Waals surface area contributed by atoms with E-state index in [9.17, 15) is 4.79 Å². The molecule has 0 saturated carbocycles. The van der Waals surface area contributed by atoms with Gasteiger partial charge in [-0.2, -0.15) is 0 Å². The van der Waals surface area contributed by atoms with Gasteiger partial charge in [-0.3, -0.25) is 4.79 Å². The minimum atomic E-state index is -0.777. The van der Waals surface area contributed by atoms with Crippen LogP contribution in [0, 0.1) is 0 Å². The van der Waals surface area contributed by atoms with Crippen LogP contribution in [0.5, 0.6) is 0 Å². The van der Waals surface area contributed by atoms with E-state index >= 15 is 0 Å². The van der Waals surface area contributed by atoms with E-state index in [-0.39, 0.29) is 6.42 Å². The number of carbonyl (C=O) groups is 1. The summed E-state index contributed by atoms with van der Waals surface area (Å²) in [5, 5.41) is 8.67. The molecule has 1 aromatic rings. The minimum Gasteiger partial charge on any atom is -0.481 e. The molecule has 3 nitrogen and oxygen atoms in total. The van der Waals surface area contributed by atoms with Crippen molar-refractivity contribution in [3.8, 4) is 0 Å². The third kappa shape index (κ3) is 2.28. The molecule has 0 spiro atoms. The van der Waals surface area contributed by atoms with Crippen LogP contribution in [0.3, 0.4) is 0 Å². The Balaban J connectivity index is 3.05. The highest BCUT2D eigenvalue weighted by atomic mass is 16.4. The summed E-state index contributed by atoms with van der Waals surface area (Å²) in [4.78, 5) is 10.5. The predicted molar refractivity (Wildman–Crippen MR) is 48.3 cm³/mol. The molecular formula is C10H14NO2+. The second-order valence-corrected chi connectivity index (χ2v) is 3.02. The Hall–Kier alpha value is -1.38. The van der Waals surface area contributed by atoms with Gasteiger partial charge in [0.25, 0.3) is 0 Å². The average Bonchev–Trinajstić information content (AvgIpc) is 2.03. The van der Waals surface area contributed by atoms with Gasteiger partial charge in [0.15, 0.2) is 11.9 Å². The molecule has 1 rings (SSSR count). The van der Waals surface area contributed by atoms with E-state index in [0.29, 0.717) is 0 Å². The molecule has 3 heteroatoms. The minimum absolute atomic E-state index is 0.109. The van der Waals surface area contributed by atoms with E-state index in [4.69, 9.17) is 5.11 Å². The molecule has 0 radical (unpaired) electrons. The highest BCUT2D eigenvalue weighted by Gasteiger charge is 2.12. The molecular weight excluding hydrogens is 166 g/mol. The molecule has 1 aromatic heterocycles. The fourth-order valence-electron chi connectivity index (χ4n) is 1.50. The molecule has 0 aliphatic carbocycles. The smallest absolute Gasteiger partial charge is 0.308 e. The SMILES string of the molecule is CCc1c(CC(=O)O)ccc[n+]1C. The fourth-order valence-corrected chi connectivity index (χ4v) is 1.50. The molecule has 13 heavy (non-hydrogen) atoms. The summed E-state index contributed by atoms with van der Waals surface area (Å²) in [6.07, 6.45) is 2.90. The largest absolute Gasteiger partial charge is 0.481 e. The highest BCUT2D eigenvalue weighted by Crippen LogP contribution is 2.04. The molecule has 0 unspecified atom stereocenters. The lowest BCUT2D eigenvalue weighted by atomic mass is 10.1. The first-order valence-corrected chi connectivity index (χ1v) is 4.33. The van der Waals surface area contributed by atoms with Crippen LogP contribution in [0.15, 0.2) is 18.3 Å². The summed E-state index contributed by atoms with van der Waals surface area (Å²) in [6, 6.07) is 3.74. The van der Waals surface area contributed by atoms with E-state index in [1.807, 2.05) is 36.9 Å². The summed E-state index contributed by atoms with van der Waals surface area (Å²) < 4.78 is 1.97. The number of carboxylic acids is 1. The topological polar surface area (TPSA) is 41.2 Å². The van der Waals surface area contributed by atoms with E-state index in [2.05, 4.69) is 0 Å². The average molecular weight is 180 g/mol. The zero-order valence-corrected chi connectivity index (χ0v) is 7.95. The Morgan fingerprint density at radius 2 is 2.31 bits per heavy atom. The fraction of sp³-hybridized carbons (Fsp3) is 0.400. The summed E-state index contributed by atoms with van der Waals surface area (Å²) in [6.45, 7) is 2.03. The van der Waals surface area contributed by atoms with Crippen molar-refractivity contribution in [1.82, 2.24) is 0 Å². The molecule has 70 valence electrons. The van der Waals surface area contributed by atoms with Gasteiger partial charge in [-0.05, 0) is 6.07 Å². The molecule has 0 amide bonds. The molecule has 0 bridgehead atoms. The van der Waals surface area contributed by atoms with Gasteiger partial charge < -0.3 is 5.11 Å². The van der Waals surface area contributed by atoms with Crippen molar-refractivity contribution >= 4 is 5.97 Å². The zero-order chi connectivity index (χ0) is 9.84. The molecule has 0 atom stereocenters. The van der Waals surface area contributed by atoms with Crippen LogP contribution >= 0.6 is 0 Å². The third-order valence-electron chi connectivity index (χ3n) is 2.08. The molecule has 1 N–H and O–H groups in total. The number of aromatic nitrogens is 1. The summed E-state index contributed by atoms with van der Waals surface area (Å²) in [5.74, 6) is -0.777. The van der Waals surface area contributed by atoms with Crippen LogP contribution in [0.2, 0.25) is 0 Å². The lowest BCUT2D eigenvalue weighted by molar-refractivity contribution is -0.679. The first-order chi connectivity index (χ1) is 6.15. The number of aryl methyl sites for hydroxylation is 1. The van der Waals surface area contributed by atoms with Gasteiger partial charge in [0.2, 0.25) is 0 Å². The Labute approximate surface area is 77.6 Å². The number of pyridine rings is 1. The van der Waals surface area contributed by atoms with E-state index in [1.165, 1.54) is 0 Å². The molecule has 0 fully saturated rings. The van der Waals surface area contributed by atoms with Crippen LogP contribution in [-0.4, -0.2) is 11.1 Å². The Morgan fingerprint density at radius 3 is 2.85 bits per heavy atom. The van der Waals surface area contributed by atoms with Gasteiger partial charge in [0, 0.05) is 18.1 Å². The molecule has 0 aliphatic rings. The van der Waals surface area contributed by atoms with Gasteiger partial charge in [-0.25, -0.2) is 4.57 Å². The molecule has 0 aromatic carbocycles. The van der Waals surface area contributed by atoms with Crippen molar-refractivity contribution in [2.45, 2.75) is 19.8 Å². The van der Waals surface area contributed by atoms with Crippen molar-refractivity contribution in [3.05, 3.63) is 29.6 Å². The molecule has 0 saturated heterocycles. The van der Waals surface area contributed by atoms with Gasteiger partial charge >= 0.3 is 5.97 Å². The molecule has 0 aliphatic heterocycles. The van der Waals surface area contributed by atoms with Crippen molar-refractivity contribution in [1.29, 1.82) is 0 Å². The van der Waals surface area contributed by atoms with Gasteiger partial charge in [-0.15, -0.1) is 0 Å². The summed E-state index contributed by atoms with van der Waals surface area (Å²) in [7, 11) is 1.93. The number of hydrogen-bond donors (Lipinski definition) is 1. The van der Waals surface area contributed by atoms with Gasteiger partial charge in [0.1, 0.15) is 7.05 Å². The first-order valence-electron chi connectivity index (χ1n) is 4.33. The van der Waals surface area contributed by atoms with Gasteiger partial charge in [-0.1, -0.05) is 6.92 Å². The monoisotopic (exact) mass is 180 g/mol. The number of carboxylic acid groups (broad SMARTS) is 1. The van der Waals surface area contributed by atoms with Crippen LogP contribution in [-0.2, 0) is 24.7 Å². The highest BCUT2D eigenvalue weighted by molar-refractivity contribution is 5.70. The number of hydrogen-bond acceptors (Lipinski definition) is 1. The van der Waals surface area contributed by atoms with Gasteiger partial charge in [0.05, 0.1) is 6.42 Å². The second kappa shape index (κ2) is 4.03. The van der Waals surface area contributed by atoms with Crippen molar-refractivity contribution < 1.29 is 14.5 Å². The molecule has 1 heterocycles. The van der Waals surface area contributed by atoms with Crippen LogP contribution in [0.25, 0.3) is 0 Å². The second-order valence-electron chi connectivity index (χ2n) is 3.02. The maximum absolute atomic E-state index is 10.5. The summed E-state index contributed by atoms with van der Waals surface area (Å²) in [5.41, 5.74) is 1.99. The van der Waals surface area contributed by atoms with Crippen LogP contribution in [0.1, 0.15) is 18.2 Å².